The summed E-state index contributed by atoms with van der Waals surface area (Å²) in [4.78, 5) is 28.0. The third-order valence-electron chi connectivity index (χ3n) is 3.54. The van der Waals surface area contributed by atoms with E-state index >= 15 is 0 Å². The molecule has 7 heteroatoms. The first-order chi connectivity index (χ1) is 12.6. The minimum Gasteiger partial charge on any atom is -0.494 e. The Kier molecular flexibility index (Phi) is 8.08. The van der Waals surface area contributed by atoms with Gasteiger partial charge in [-0.05, 0) is 37.6 Å². The van der Waals surface area contributed by atoms with E-state index in [1.54, 1.807) is 36.6 Å². The molecule has 0 unspecified atom stereocenters. The van der Waals surface area contributed by atoms with Crippen LogP contribution in [-0.4, -0.2) is 30.1 Å². The van der Waals surface area contributed by atoms with Crippen molar-refractivity contribution in [2.45, 2.75) is 39.5 Å². The number of benzene rings is 1. The first-order valence-electron chi connectivity index (χ1n) is 8.76. The maximum atomic E-state index is 12.3. The number of unbranched alkanes of at least 4 members (excludes halogenated alkanes) is 2. The van der Waals surface area contributed by atoms with E-state index in [1.807, 2.05) is 0 Å². The van der Waals surface area contributed by atoms with Crippen molar-refractivity contribution in [2.24, 2.45) is 0 Å². The van der Waals surface area contributed by atoms with Gasteiger partial charge in [0.1, 0.15) is 5.75 Å². The van der Waals surface area contributed by atoms with Crippen LogP contribution in [0.4, 0.5) is 5.13 Å². The fourth-order valence-corrected chi connectivity index (χ4v) is 2.92. The van der Waals surface area contributed by atoms with Crippen molar-refractivity contribution < 1.29 is 19.1 Å². The van der Waals surface area contributed by atoms with Gasteiger partial charge in [0.05, 0.1) is 25.3 Å². The molecule has 0 saturated carbocycles. The van der Waals surface area contributed by atoms with Crippen LogP contribution in [-0.2, 0) is 16.0 Å². The standard InChI is InChI=1S/C19H24N2O4S/c1-3-5-6-11-25-16-9-7-14(8-10-16)18(23)21-19-20-15(13-26-19)12-17(22)24-4-2/h7-10,13H,3-6,11-12H2,1-2H3,(H,20,21,23). The number of carbonyl (C=O) groups excluding carboxylic acids is 2. The highest BCUT2D eigenvalue weighted by Crippen LogP contribution is 2.18. The molecule has 0 saturated heterocycles. The topological polar surface area (TPSA) is 77.5 Å². The molecule has 26 heavy (non-hydrogen) atoms. The number of amides is 1. The van der Waals surface area contributed by atoms with Gasteiger partial charge in [0.25, 0.3) is 5.91 Å². The van der Waals surface area contributed by atoms with E-state index in [0.29, 0.717) is 29.6 Å². The summed E-state index contributed by atoms with van der Waals surface area (Å²) in [6.45, 7) is 4.92. The number of ether oxygens (including phenoxy) is 2. The Balaban J connectivity index is 1.85. The van der Waals surface area contributed by atoms with Gasteiger partial charge in [-0.2, -0.15) is 0 Å². The summed E-state index contributed by atoms with van der Waals surface area (Å²) in [6.07, 6.45) is 3.42. The molecule has 0 aliphatic heterocycles. The molecule has 1 aromatic carbocycles. The van der Waals surface area contributed by atoms with Crippen LogP contribution in [0.25, 0.3) is 0 Å². The van der Waals surface area contributed by atoms with Crippen molar-refractivity contribution in [3.8, 4) is 5.75 Å². The Morgan fingerprint density at radius 1 is 1.15 bits per heavy atom. The van der Waals surface area contributed by atoms with Gasteiger partial charge in [-0.3, -0.25) is 14.9 Å². The summed E-state index contributed by atoms with van der Waals surface area (Å²) in [5.41, 5.74) is 1.10. The zero-order valence-corrected chi connectivity index (χ0v) is 15.9. The number of hydrogen-bond acceptors (Lipinski definition) is 6. The first-order valence-corrected chi connectivity index (χ1v) is 9.64. The number of anilines is 1. The average Bonchev–Trinajstić information content (AvgIpc) is 3.06. The summed E-state index contributed by atoms with van der Waals surface area (Å²) in [5, 5.41) is 4.93. The second-order valence-electron chi connectivity index (χ2n) is 5.66. The molecule has 2 rings (SSSR count). The molecular formula is C19H24N2O4S. The smallest absolute Gasteiger partial charge is 0.311 e. The zero-order chi connectivity index (χ0) is 18.8. The molecule has 1 N–H and O–H groups in total. The maximum Gasteiger partial charge on any atom is 0.311 e. The van der Waals surface area contributed by atoms with Crippen LogP contribution in [0.1, 0.15) is 49.2 Å². The molecule has 0 aliphatic carbocycles. The summed E-state index contributed by atoms with van der Waals surface area (Å²) in [7, 11) is 0. The number of nitrogens with zero attached hydrogens (tertiary/aromatic N) is 1. The lowest BCUT2D eigenvalue weighted by molar-refractivity contribution is -0.142. The van der Waals surface area contributed by atoms with E-state index in [0.717, 1.165) is 25.0 Å². The molecule has 0 bridgehead atoms. The molecule has 6 nitrogen and oxygen atoms in total. The third kappa shape index (κ3) is 6.48. The van der Waals surface area contributed by atoms with E-state index in [-0.39, 0.29) is 18.3 Å². The zero-order valence-electron chi connectivity index (χ0n) is 15.1. The fourth-order valence-electron chi connectivity index (χ4n) is 2.22. The molecule has 1 amide bonds. The predicted octanol–water partition coefficient (Wildman–Crippen LogP) is 4.07. The average molecular weight is 376 g/mol. The largest absolute Gasteiger partial charge is 0.494 e. The van der Waals surface area contributed by atoms with Crippen LogP contribution in [0.15, 0.2) is 29.6 Å². The van der Waals surface area contributed by atoms with Crippen molar-refractivity contribution in [1.82, 2.24) is 4.98 Å². The van der Waals surface area contributed by atoms with Crippen molar-refractivity contribution in [3.05, 3.63) is 40.9 Å². The first kappa shape index (κ1) is 19.9. The highest BCUT2D eigenvalue weighted by Gasteiger charge is 2.12. The van der Waals surface area contributed by atoms with Gasteiger partial charge in [0, 0.05) is 10.9 Å². The van der Waals surface area contributed by atoms with E-state index in [1.165, 1.54) is 11.3 Å². The molecule has 2 aromatic rings. The number of thiazole rings is 1. The van der Waals surface area contributed by atoms with E-state index in [4.69, 9.17) is 9.47 Å². The fraction of sp³-hybridized carbons (Fsp3) is 0.421. The summed E-state index contributed by atoms with van der Waals surface area (Å²) in [6, 6.07) is 7.01. The molecule has 140 valence electrons. The van der Waals surface area contributed by atoms with Crippen LogP contribution < -0.4 is 10.1 Å². The van der Waals surface area contributed by atoms with Crippen LogP contribution in [0, 0.1) is 0 Å². The van der Waals surface area contributed by atoms with Crippen LogP contribution in [0.2, 0.25) is 0 Å². The van der Waals surface area contributed by atoms with E-state index in [2.05, 4.69) is 17.2 Å². The quantitative estimate of drug-likeness (QED) is 0.499. The van der Waals surface area contributed by atoms with Gasteiger partial charge in [0.2, 0.25) is 0 Å². The molecule has 0 atom stereocenters. The van der Waals surface area contributed by atoms with Gasteiger partial charge in [-0.15, -0.1) is 11.3 Å². The van der Waals surface area contributed by atoms with Gasteiger partial charge in [0.15, 0.2) is 5.13 Å². The normalized spacial score (nSPS) is 10.4. The van der Waals surface area contributed by atoms with Crippen molar-refractivity contribution >= 4 is 28.3 Å². The van der Waals surface area contributed by atoms with Gasteiger partial charge in [-0.1, -0.05) is 19.8 Å². The lowest BCUT2D eigenvalue weighted by Crippen LogP contribution is -2.12. The van der Waals surface area contributed by atoms with Gasteiger partial charge >= 0.3 is 5.97 Å². The molecule has 0 aliphatic rings. The predicted molar refractivity (Wildman–Crippen MR) is 102 cm³/mol. The second-order valence-corrected chi connectivity index (χ2v) is 6.52. The molecular weight excluding hydrogens is 352 g/mol. The molecule has 1 heterocycles. The number of hydrogen-bond donors (Lipinski definition) is 1. The lowest BCUT2D eigenvalue weighted by atomic mass is 10.2. The van der Waals surface area contributed by atoms with Gasteiger partial charge < -0.3 is 9.47 Å². The molecule has 0 spiro atoms. The minimum atomic E-state index is -0.329. The van der Waals surface area contributed by atoms with Gasteiger partial charge in [-0.25, -0.2) is 4.98 Å². The van der Waals surface area contributed by atoms with Crippen LogP contribution in [0.3, 0.4) is 0 Å². The summed E-state index contributed by atoms with van der Waals surface area (Å²) < 4.78 is 10.5. The minimum absolute atomic E-state index is 0.101. The Morgan fingerprint density at radius 3 is 2.62 bits per heavy atom. The molecule has 0 radical (unpaired) electrons. The lowest BCUT2D eigenvalue weighted by Gasteiger charge is -2.07. The van der Waals surface area contributed by atoms with Crippen LogP contribution in [0.5, 0.6) is 5.75 Å². The highest BCUT2D eigenvalue weighted by atomic mass is 32.1. The Labute approximate surface area is 157 Å². The number of rotatable bonds is 10. The Hall–Kier alpha value is -2.41. The number of aromatic nitrogens is 1. The monoisotopic (exact) mass is 376 g/mol. The van der Waals surface area contributed by atoms with E-state index in [9.17, 15) is 9.59 Å². The van der Waals surface area contributed by atoms with Crippen molar-refractivity contribution in [1.29, 1.82) is 0 Å². The second kappa shape index (κ2) is 10.6. The molecule has 1 aromatic heterocycles. The summed E-state index contributed by atoms with van der Waals surface area (Å²) >= 11 is 1.28. The number of nitrogens with one attached hydrogen (secondary N) is 1. The summed E-state index contributed by atoms with van der Waals surface area (Å²) in [5.74, 6) is 0.174. The number of carbonyl (C=O) groups is 2. The Morgan fingerprint density at radius 2 is 1.92 bits per heavy atom. The van der Waals surface area contributed by atoms with Crippen LogP contribution >= 0.6 is 11.3 Å². The Bertz CT molecular complexity index is 713. The van der Waals surface area contributed by atoms with Crippen molar-refractivity contribution in [2.75, 3.05) is 18.5 Å². The van der Waals surface area contributed by atoms with E-state index < -0.39 is 0 Å². The van der Waals surface area contributed by atoms with Crippen molar-refractivity contribution in [3.63, 3.8) is 0 Å². The molecule has 0 fully saturated rings. The number of esters is 1. The maximum absolute atomic E-state index is 12.3. The third-order valence-corrected chi connectivity index (χ3v) is 4.34. The highest BCUT2D eigenvalue weighted by molar-refractivity contribution is 7.14. The SMILES string of the molecule is CCCCCOc1ccc(C(=O)Nc2nc(CC(=O)OCC)cs2)cc1.